The van der Waals surface area contributed by atoms with Crippen molar-refractivity contribution < 1.29 is 13.6 Å². The molecular weight excluding hydrogens is 278 g/mol. The minimum absolute atomic E-state index is 0.0145. The maximum Gasteiger partial charge on any atom is 0.276 e. The van der Waals surface area contributed by atoms with Crippen molar-refractivity contribution in [1.82, 2.24) is 10.2 Å². The molecule has 5 nitrogen and oxygen atoms in total. The van der Waals surface area contributed by atoms with E-state index in [0.29, 0.717) is 5.82 Å². The van der Waals surface area contributed by atoms with Crippen LogP contribution in [0.2, 0.25) is 0 Å². The Morgan fingerprint density at radius 3 is 2.67 bits per heavy atom. The molecule has 0 unspecified atom stereocenters. The molecule has 0 bridgehead atoms. The van der Waals surface area contributed by atoms with Crippen LogP contribution in [0.1, 0.15) is 23.8 Å². The van der Waals surface area contributed by atoms with Gasteiger partial charge < -0.3 is 10.6 Å². The fourth-order valence-electron chi connectivity index (χ4n) is 1.59. The number of nitrogens with one attached hydrogen (secondary N) is 2. The van der Waals surface area contributed by atoms with Gasteiger partial charge in [0.2, 0.25) is 0 Å². The lowest BCUT2D eigenvalue weighted by Crippen LogP contribution is -2.16. The molecule has 21 heavy (non-hydrogen) atoms. The Bertz CT molecular complexity index is 631. The van der Waals surface area contributed by atoms with E-state index in [1.54, 1.807) is 6.07 Å². The van der Waals surface area contributed by atoms with Crippen LogP contribution in [0.25, 0.3) is 0 Å². The molecule has 2 N–H and O–H groups in total. The minimum Gasteiger partial charge on any atom is -0.369 e. The number of aromatic nitrogens is 2. The third-order valence-electron chi connectivity index (χ3n) is 2.65. The predicted octanol–water partition coefficient (Wildman–Crippen LogP) is 2.83. The first-order valence-corrected chi connectivity index (χ1v) is 6.44. The molecule has 0 aliphatic rings. The first-order chi connectivity index (χ1) is 10.1. The lowest BCUT2D eigenvalue weighted by Gasteiger charge is -2.07. The highest BCUT2D eigenvalue weighted by molar-refractivity contribution is 6.02. The van der Waals surface area contributed by atoms with Crippen molar-refractivity contribution in [3.63, 3.8) is 0 Å². The Hall–Kier alpha value is -2.57. The monoisotopic (exact) mass is 292 g/mol. The number of anilines is 2. The molecule has 0 atom stereocenters. The zero-order valence-electron chi connectivity index (χ0n) is 11.4. The van der Waals surface area contributed by atoms with Crippen LogP contribution >= 0.6 is 0 Å². The SMILES string of the molecule is CCCNc1ccc(C(=O)Nc2cccc(F)c2F)nn1. The summed E-state index contributed by atoms with van der Waals surface area (Å²) in [6.07, 6.45) is 0.933. The maximum absolute atomic E-state index is 13.4. The summed E-state index contributed by atoms with van der Waals surface area (Å²) >= 11 is 0. The first kappa shape index (κ1) is 14.8. The maximum atomic E-state index is 13.4. The van der Waals surface area contributed by atoms with Crippen LogP contribution in [0.5, 0.6) is 0 Å². The summed E-state index contributed by atoms with van der Waals surface area (Å²) < 4.78 is 26.5. The quantitative estimate of drug-likeness (QED) is 0.889. The Labute approximate surface area is 120 Å². The van der Waals surface area contributed by atoms with Crippen molar-refractivity contribution in [2.24, 2.45) is 0 Å². The molecule has 0 saturated carbocycles. The number of benzene rings is 1. The van der Waals surface area contributed by atoms with E-state index in [4.69, 9.17) is 0 Å². The summed E-state index contributed by atoms with van der Waals surface area (Å²) in [7, 11) is 0. The molecule has 1 amide bonds. The van der Waals surface area contributed by atoms with E-state index in [1.807, 2.05) is 6.92 Å². The standard InChI is InChI=1S/C14H14F2N4O/c1-2-8-17-12-7-6-11(19-20-12)14(21)18-10-5-3-4-9(15)13(10)16/h3-7H,2,8H2,1H3,(H,17,20)(H,18,21). The second-order valence-corrected chi connectivity index (χ2v) is 4.29. The summed E-state index contributed by atoms with van der Waals surface area (Å²) in [5, 5.41) is 12.8. The fourth-order valence-corrected chi connectivity index (χ4v) is 1.59. The number of carbonyl (C=O) groups excluding carboxylic acids is 1. The second-order valence-electron chi connectivity index (χ2n) is 4.29. The number of nitrogens with zero attached hydrogens (tertiary/aromatic N) is 2. The van der Waals surface area contributed by atoms with Gasteiger partial charge in [-0.25, -0.2) is 8.78 Å². The number of amides is 1. The van der Waals surface area contributed by atoms with Crippen LogP contribution in [-0.2, 0) is 0 Å². The van der Waals surface area contributed by atoms with Gasteiger partial charge in [0.1, 0.15) is 5.82 Å². The van der Waals surface area contributed by atoms with E-state index >= 15 is 0 Å². The molecule has 110 valence electrons. The Morgan fingerprint density at radius 2 is 2.00 bits per heavy atom. The molecule has 1 aromatic heterocycles. The van der Waals surface area contributed by atoms with Crippen LogP contribution in [-0.4, -0.2) is 22.6 Å². The van der Waals surface area contributed by atoms with Gasteiger partial charge in [-0.15, -0.1) is 10.2 Å². The molecule has 7 heteroatoms. The fraction of sp³-hybridized carbons (Fsp3) is 0.214. The molecule has 0 saturated heterocycles. The number of halogens is 2. The van der Waals surface area contributed by atoms with Gasteiger partial charge in [0.15, 0.2) is 17.3 Å². The van der Waals surface area contributed by atoms with Gasteiger partial charge >= 0.3 is 0 Å². The van der Waals surface area contributed by atoms with Crippen molar-refractivity contribution in [3.8, 4) is 0 Å². The predicted molar refractivity (Wildman–Crippen MR) is 75.1 cm³/mol. The zero-order chi connectivity index (χ0) is 15.2. The summed E-state index contributed by atoms with van der Waals surface area (Å²) in [5.74, 6) is -2.25. The number of hydrogen-bond donors (Lipinski definition) is 2. The van der Waals surface area contributed by atoms with Gasteiger partial charge in [-0.3, -0.25) is 4.79 Å². The first-order valence-electron chi connectivity index (χ1n) is 6.44. The molecular formula is C14H14F2N4O. The minimum atomic E-state index is -1.11. The smallest absolute Gasteiger partial charge is 0.276 e. The van der Waals surface area contributed by atoms with Crippen molar-refractivity contribution in [1.29, 1.82) is 0 Å². The highest BCUT2D eigenvalue weighted by atomic mass is 19.2. The molecule has 0 aliphatic carbocycles. The van der Waals surface area contributed by atoms with Gasteiger partial charge in [0.25, 0.3) is 5.91 Å². The van der Waals surface area contributed by atoms with Gasteiger partial charge in [0, 0.05) is 6.54 Å². The Balaban J connectivity index is 2.08. The van der Waals surface area contributed by atoms with Gasteiger partial charge in [-0.05, 0) is 30.7 Å². The lowest BCUT2D eigenvalue weighted by atomic mass is 10.2. The van der Waals surface area contributed by atoms with Crippen LogP contribution in [0.4, 0.5) is 20.3 Å². The molecule has 0 radical (unpaired) electrons. The third-order valence-corrected chi connectivity index (χ3v) is 2.65. The number of rotatable bonds is 5. The van der Waals surface area contributed by atoms with Crippen LogP contribution < -0.4 is 10.6 Å². The third kappa shape index (κ3) is 3.71. The van der Waals surface area contributed by atoms with E-state index < -0.39 is 17.5 Å². The van der Waals surface area contributed by atoms with Crippen molar-refractivity contribution >= 4 is 17.4 Å². The van der Waals surface area contributed by atoms with E-state index in [2.05, 4.69) is 20.8 Å². The number of carbonyl (C=O) groups is 1. The molecule has 0 spiro atoms. The Kier molecular flexibility index (Phi) is 4.76. The van der Waals surface area contributed by atoms with Crippen molar-refractivity contribution in [2.45, 2.75) is 13.3 Å². The van der Waals surface area contributed by atoms with Crippen LogP contribution in [0.3, 0.4) is 0 Å². The summed E-state index contributed by atoms with van der Waals surface area (Å²) in [6.45, 7) is 2.75. The summed E-state index contributed by atoms with van der Waals surface area (Å²) in [5.41, 5.74) is -0.226. The molecule has 1 aromatic carbocycles. The lowest BCUT2D eigenvalue weighted by molar-refractivity contribution is 0.102. The highest BCUT2D eigenvalue weighted by Crippen LogP contribution is 2.17. The average molecular weight is 292 g/mol. The molecule has 0 fully saturated rings. The largest absolute Gasteiger partial charge is 0.369 e. The van der Waals surface area contributed by atoms with Gasteiger partial charge in [-0.2, -0.15) is 0 Å². The highest BCUT2D eigenvalue weighted by Gasteiger charge is 2.13. The van der Waals surface area contributed by atoms with E-state index in [-0.39, 0.29) is 11.4 Å². The molecule has 0 aliphatic heterocycles. The van der Waals surface area contributed by atoms with Crippen molar-refractivity contribution in [2.75, 3.05) is 17.2 Å². The van der Waals surface area contributed by atoms with Gasteiger partial charge in [-0.1, -0.05) is 13.0 Å². The van der Waals surface area contributed by atoms with Crippen LogP contribution in [0, 0.1) is 11.6 Å². The zero-order valence-corrected chi connectivity index (χ0v) is 11.4. The van der Waals surface area contributed by atoms with E-state index in [9.17, 15) is 13.6 Å². The topological polar surface area (TPSA) is 66.9 Å². The molecule has 1 heterocycles. The average Bonchev–Trinajstić information content (AvgIpc) is 2.50. The molecule has 2 aromatic rings. The van der Waals surface area contributed by atoms with Crippen LogP contribution in [0.15, 0.2) is 30.3 Å². The van der Waals surface area contributed by atoms with E-state index in [0.717, 1.165) is 19.0 Å². The number of hydrogen-bond acceptors (Lipinski definition) is 4. The van der Waals surface area contributed by atoms with Gasteiger partial charge in [0.05, 0.1) is 5.69 Å². The summed E-state index contributed by atoms with van der Waals surface area (Å²) in [6, 6.07) is 6.59. The van der Waals surface area contributed by atoms with E-state index in [1.165, 1.54) is 18.2 Å². The normalized spacial score (nSPS) is 10.2. The Morgan fingerprint density at radius 1 is 1.19 bits per heavy atom. The van der Waals surface area contributed by atoms with Crippen molar-refractivity contribution in [3.05, 3.63) is 47.7 Å². The second kappa shape index (κ2) is 6.74. The molecule has 2 rings (SSSR count). The summed E-state index contributed by atoms with van der Waals surface area (Å²) in [4.78, 5) is 11.9.